The number of hydrogen-bond donors (Lipinski definition) is 2. The highest BCUT2D eigenvalue weighted by Crippen LogP contribution is 2.32. The largest absolute Gasteiger partial charge is 0.294 e. The van der Waals surface area contributed by atoms with E-state index in [4.69, 9.17) is 5.84 Å². The second kappa shape index (κ2) is 5.87. The van der Waals surface area contributed by atoms with Crippen LogP contribution in [-0.2, 0) is 4.79 Å². The summed E-state index contributed by atoms with van der Waals surface area (Å²) in [5.41, 5.74) is 1.15. The van der Waals surface area contributed by atoms with Gasteiger partial charge in [-0.05, 0) is 12.5 Å². The summed E-state index contributed by atoms with van der Waals surface area (Å²) in [4.78, 5) is 31.6. The van der Waals surface area contributed by atoms with Gasteiger partial charge in [0.2, 0.25) is 5.91 Å². The Balaban J connectivity index is 3.37. The number of benzene rings is 1. The number of nitrogens with one attached hydrogen (secondary N) is 1. The van der Waals surface area contributed by atoms with Crippen molar-refractivity contribution in [3.8, 4) is 0 Å². The Kier molecular flexibility index (Phi) is 4.48. The lowest BCUT2D eigenvalue weighted by Gasteiger charge is -2.13. The number of nitro benzene ring substituents is 2. The number of nitrogens with zero attached hydrogens (tertiary/aromatic N) is 2. The fourth-order valence-electron chi connectivity index (χ4n) is 1.75. The van der Waals surface area contributed by atoms with Crippen LogP contribution < -0.4 is 11.3 Å². The molecule has 1 unspecified atom stereocenters. The van der Waals surface area contributed by atoms with Crippen LogP contribution in [0.4, 0.5) is 11.4 Å². The van der Waals surface area contributed by atoms with E-state index in [1.807, 2.05) is 5.43 Å². The van der Waals surface area contributed by atoms with Crippen molar-refractivity contribution in [1.82, 2.24) is 5.43 Å². The van der Waals surface area contributed by atoms with E-state index in [2.05, 4.69) is 0 Å². The van der Waals surface area contributed by atoms with Crippen LogP contribution in [0.25, 0.3) is 0 Å². The molecule has 0 aliphatic carbocycles. The lowest BCUT2D eigenvalue weighted by molar-refractivity contribution is -0.394. The number of nitrogens with two attached hydrogens (primary N) is 1. The summed E-state index contributed by atoms with van der Waals surface area (Å²) in [5, 5.41) is 21.5. The highest BCUT2D eigenvalue weighted by molar-refractivity contribution is 5.84. The van der Waals surface area contributed by atoms with E-state index < -0.39 is 33.0 Å². The van der Waals surface area contributed by atoms with Crippen LogP contribution in [0.3, 0.4) is 0 Å². The number of nitro groups is 2. The number of amides is 1. The zero-order valence-electron chi connectivity index (χ0n) is 10.0. The van der Waals surface area contributed by atoms with Crippen LogP contribution in [0.5, 0.6) is 0 Å². The molecule has 0 fully saturated rings. The first-order valence-electron chi connectivity index (χ1n) is 5.35. The first-order valence-corrected chi connectivity index (χ1v) is 5.35. The zero-order valence-corrected chi connectivity index (χ0v) is 10.0. The molecule has 0 aliphatic rings. The fourth-order valence-corrected chi connectivity index (χ4v) is 1.75. The van der Waals surface area contributed by atoms with Gasteiger partial charge in [-0.3, -0.25) is 30.4 Å². The Morgan fingerprint density at radius 1 is 1.37 bits per heavy atom. The Hall–Kier alpha value is -2.55. The molecule has 0 radical (unpaired) electrons. The SMILES string of the molecule is CCC(C(=O)NN)c1ccc([N+](=O)[O-])cc1[N+](=O)[O-]. The highest BCUT2D eigenvalue weighted by atomic mass is 16.6. The van der Waals surface area contributed by atoms with Gasteiger partial charge in [-0.15, -0.1) is 0 Å². The average Bonchev–Trinajstić information content (AvgIpc) is 2.39. The lowest BCUT2D eigenvalue weighted by Crippen LogP contribution is -2.34. The molecular formula is C10H12N4O5. The first kappa shape index (κ1) is 14.5. The predicted octanol–water partition coefficient (Wildman–Crippen LogP) is 0.987. The quantitative estimate of drug-likeness (QED) is 0.353. The normalized spacial score (nSPS) is 11.7. The van der Waals surface area contributed by atoms with Gasteiger partial charge in [-0.1, -0.05) is 6.92 Å². The molecule has 3 N–H and O–H groups in total. The monoisotopic (exact) mass is 268 g/mol. The molecule has 9 nitrogen and oxygen atoms in total. The van der Waals surface area contributed by atoms with Crippen molar-refractivity contribution >= 4 is 17.3 Å². The van der Waals surface area contributed by atoms with Crippen molar-refractivity contribution in [2.24, 2.45) is 5.84 Å². The number of carbonyl (C=O) groups is 1. The van der Waals surface area contributed by atoms with E-state index in [-0.39, 0.29) is 12.0 Å². The Labute approximate surface area is 107 Å². The third-order valence-corrected chi connectivity index (χ3v) is 2.66. The summed E-state index contributed by atoms with van der Waals surface area (Å²) >= 11 is 0. The van der Waals surface area contributed by atoms with Gasteiger partial charge < -0.3 is 0 Å². The molecule has 0 aromatic heterocycles. The Bertz CT molecular complexity index is 531. The summed E-state index contributed by atoms with van der Waals surface area (Å²) in [5.74, 6) is 3.60. The minimum Gasteiger partial charge on any atom is -0.294 e. The molecule has 9 heteroatoms. The maximum Gasteiger partial charge on any atom is 0.280 e. The highest BCUT2D eigenvalue weighted by Gasteiger charge is 2.28. The fraction of sp³-hybridized carbons (Fsp3) is 0.300. The zero-order chi connectivity index (χ0) is 14.6. The molecule has 1 rings (SSSR count). The average molecular weight is 268 g/mol. The summed E-state index contributed by atoms with van der Waals surface area (Å²) < 4.78 is 0. The van der Waals surface area contributed by atoms with Gasteiger partial charge in [0.25, 0.3) is 11.4 Å². The number of hydrazine groups is 1. The smallest absolute Gasteiger partial charge is 0.280 e. The molecule has 19 heavy (non-hydrogen) atoms. The van der Waals surface area contributed by atoms with Crippen LogP contribution in [0.1, 0.15) is 24.8 Å². The topological polar surface area (TPSA) is 141 Å². The van der Waals surface area contributed by atoms with Crippen LogP contribution in [0, 0.1) is 20.2 Å². The third-order valence-electron chi connectivity index (χ3n) is 2.66. The molecule has 1 aromatic rings. The predicted molar refractivity (Wildman–Crippen MR) is 65.1 cm³/mol. The van der Waals surface area contributed by atoms with E-state index in [9.17, 15) is 25.0 Å². The van der Waals surface area contributed by atoms with Crippen molar-refractivity contribution in [2.45, 2.75) is 19.3 Å². The Morgan fingerprint density at radius 3 is 2.42 bits per heavy atom. The molecule has 0 aliphatic heterocycles. The number of non-ortho nitro benzene ring substituents is 1. The molecule has 0 spiro atoms. The molecule has 0 heterocycles. The molecule has 0 saturated carbocycles. The van der Waals surface area contributed by atoms with Gasteiger partial charge in [-0.2, -0.15) is 0 Å². The van der Waals surface area contributed by atoms with E-state index in [1.165, 1.54) is 6.07 Å². The van der Waals surface area contributed by atoms with Crippen LogP contribution >= 0.6 is 0 Å². The van der Waals surface area contributed by atoms with Crippen LogP contribution in [-0.4, -0.2) is 15.8 Å². The van der Waals surface area contributed by atoms with E-state index in [0.717, 1.165) is 12.1 Å². The van der Waals surface area contributed by atoms with Crippen molar-refractivity contribution in [2.75, 3.05) is 0 Å². The van der Waals surface area contributed by atoms with E-state index in [1.54, 1.807) is 6.92 Å². The van der Waals surface area contributed by atoms with Gasteiger partial charge in [0, 0.05) is 11.6 Å². The molecule has 0 saturated heterocycles. The van der Waals surface area contributed by atoms with Gasteiger partial charge >= 0.3 is 0 Å². The maximum atomic E-state index is 11.5. The minimum absolute atomic E-state index is 0.0982. The lowest BCUT2D eigenvalue weighted by atomic mass is 9.94. The van der Waals surface area contributed by atoms with Crippen molar-refractivity contribution < 1.29 is 14.6 Å². The molecule has 1 amide bonds. The molecule has 1 aromatic carbocycles. The van der Waals surface area contributed by atoms with Gasteiger partial charge in [0.05, 0.1) is 21.8 Å². The summed E-state index contributed by atoms with van der Waals surface area (Å²) in [6.45, 7) is 1.66. The van der Waals surface area contributed by atoms with Crippen molar-refractivity contribution in [3.63, 3.8) is 0 Å². The maximum absolute atomic E-state index is 11.5. The molecule has 1 atom stereocenters. The van der Waals surface area contributed by atoms with Gasteiger partial charge in [-0.25, -0.2) is 5.84 Å². The number of hydrogen-bond acceptors (Lipinski definition) is 6. The molecule has 0 bridgehead atoms. The summed E-state index contributed by atoms with van der Waals surface area (Å²) in [6, 6.07) is 3.16. The third kappa shape index (κ3) is 3.01. The standard InChI is InChI=1S/C10H12N4O5/c1-2-7(10(15)12-11)8-4-3-6(13(16)17)5-9(8)14(18)19/h3-5,7H,2,11H2,1H3,(H,12,15). The van der Waals surface area contributed by atoms with E-state index in [0.29, 0.717) is 0 Å². The number of rotatable bonds is 5. The second-order valence-corrected chi connectivity index (χ2v) is 3.73. The molecule has 102 valence electrons. The van der Waals surface area contributed by atoms with Crippen LogP contribution in [0.2, 0.25) is 0 Å². The summed E-state index contributed by atoms with van der Waals surface area (Å²) in [6.07, 6.45) is 0.279. The Morgan fingerprint density at radius 2 is 2.00 bits per heavy atom. The van der Waals surface area contributed by atoms with E-state index >= 15 is 0 Å². The van der Waals surface area contributed by atoms with Crippen molar-refractivity contribution in [3.05, 3.63) is 44.0 Å². The number of carbonyl (C=O) groups excluding carboxylic acids is 1. The second-order valence-electron chi connectivity index (χ2n) is 3.73. The van der Waals surface area contributed by atoms with Crippen LogP contribution in [0.15, 0.2) is 18.2 Å². The van der Waals surface area contributed by atoms with Gasteiger partial charge in [0.1, 0.15) is 0 Å². The molecular weight excluding hydrogens is 256 g/mol. The van der Waals surface area contributed by atoms with Gasteiger partial charge in [0.15, 0.2) is 0 Å². The first-order chi connectivity index (χ1) is 8.92. The minimum atomic E-state index is -0.828. The summed E-state index contributed by atoms with van der Waals surface area (Å²) in [7, 11) is 0. The van der Waals surface area contributed by atoms with Crippen molar-refractivity contribution in [1.29, 1.82) is 0 Å².